The van der Waals surface area contributed by atoms with E-state index < -0.39 is 0 Å². The van der Waals surface area contributed by atoms with E-state index in [4.69, 9.17) is 4.74 Å². The van der Waals surface area contributed by atoms with Gasteiger partial charge < -0.3 is 4.74 Å². The third kappa shape index (κ3) is 3.27. The van der Waals surface area contributed by atoms with Gasteiger partial charge in [0.15, 0.2) is 5.78 Å². The fraction of sp³-hybridized carbons (Fsp3) is 0.278. The Hall–Kier alpha value is -2.09. The second-order valence-corrected chi connectivity index (χ2v) is 4.96. The van der Waals surface area contributed by atoms with Gasteiger partial charge in [0, 0.05) is 5.56 Å². The summed E-state index contributed by atoms with van der Waals surface area (Å²) < 4.78 is 5.92. The largest absolute Gasteiger partial charge is 0.489 e. The van der Waals surface area contributed by atoms with E-state index >= 15 is 0 Å². The van der Waals surface area contributed by atoms with Crippen LogP contribution in [0.25, 0.3) is 0 Å². The first-order valence-electron chi connectivity index (χ1n) is 6.93. The molecular formula is C18H20O2. The standard InChI is InChI=1S/C18H20O2/c1-4-16-11-17(14(3)19)13(2)10-18(16)20-12-15-8-6-5-7-9-15/h5-11H,4,12H2,1-3H3. The predicted octanol–water partition coefficient (Wildman–Crippen LogP) is 4.34. The van der Waals surface area contributed by atoms with Crippen molar-refractivity contribution in [2.75, 3.05) is 0 Å². The van der Waals surface area contributed by atoms with E-state index in [1.165, 1.54) is 0 Å². The van der Waals surface area contributed by atoms with Crippen molar-refractivity contribution in [3.8, 4) is 5.75 Å². The number of aryl methyl sites for hydroxylation is 2. The average molecular weight is 268 g/mol. The molecule has 0 bridgehead atoms. The van der Waals surface area contributed by atoms with Crippen LogP contribution < -0.4 is 4.74 Å². The van der Waals surface area contributed by atoms with Crippen molar-refractivity contribution in [2.24, 2.45) is 0 Å². The highest BCUT2D eigenvalue weighted by molar-refractivity contribution is 5.95. The van der Waals surface area contributed by atoms with Crippen LogP contribution in [0.15, 0.2) is 42.5 Å². The van der Waals surface area contributed by atoms with Crippen molar-refractivity contribution in [2.45, 2.75) is 33.8 Å². The fourth-order valence-electron chi connectivity index (χ4n) is 2.25. The van der Waals surface area contributed by atoms with Gasteiger partial charge in [0.25, 0.3) is 0 Å². The summed E-state index contributed by atoms with van der Waals surface area (Å²) in [6.07, 6.45) is 0.852. The van der Waals surface area contributed by atoms with Gasteiger partial charge in [0.05, 0.1) is 0 Å². The summed E-state index contributed by atoms with van der Waals surface area (Å²) >= 11 is 0. The van der Waals surface area contributed by atoms with Crippen LogP contribution in [0.1, 0.15) is 40.9 Å². The van der Waals surface area contributed by atoms with Crippen LogP contribution in [-0.4, -0.2) is 5.78 Å². The third-order valence-electron chi connectivity index (χ3n) is 3.40. The van der Waals surface area contributed by atoms with Crippen LogP contribution in [-0.2, 0) is 13.0 Å². The van der Waals surface area contributed by atoms with Gasteiger partial charge in [-0.3, -0.25) is 4.79 Å². The van der Waals surface area contributed by atoms with Crippen molar-refractivity contribution < 1.29 is 9.53 Å². The summed E-state index contributed by atoms with van der Waals surface area (Å²) in [5.41, 5.74) is 3.98. The Morgan fingerprint density at radius 2 is 1.85 bits per heavy atom. The van der Waals surface area contributed by atoms with Gasteiger partial charge in [-0.2, -0.15) is 0 Å². The van der Waals surface area contributed by atoms with Crippen molar-refractivity contribution in [3.63, 3.8) is 0 Å². The molecule has 2 aromatic rings. The molecule has 20 heavy (non-hydrogen) atoms. The molecule has 104 valence electrons. The molecule has 0 fully saturated rings. The number of benzene rings is 2. The highest BCUT2D eigenvalue weighted by atomic mass is 16.5. The predicted molar refractivity (Wildman–Crippen MR) is 81.3 cm³/mol. The van der Waals surface area contributed by atoms with Crippen molar-refractivity contribution in [1.82, 2.24) is 0 Å². The number of hydrogen-bond donors (Lipinski definition) is 0. The monoisotopic (exact) mass is 268 g/mol. The lowest BCUT2D eigenvalue weighted by Crippen LogP contribution is -2.03. The molecule has 0 N–H and O–H groups in total. The molecule has 2 heteroatoms. The number of carbonyl (C=O) groups excluding carboxylic acids is 1. The molecule has 2 nitrogen and oxygen atoms in total. The average Bonchev–Trinajstić information content (AvgIpc) is 2.46. The minimum Gasteiger partial charge on any atom is -0.489 e. The number of carbonyl (C=O) groups is 1. The Morgan fingerprint density at radius 3 is 2.45 bits per heavy atom. The van der Waals surface area contributed by atoms with Crippen LogP contribution in [0.5, 0.6) is 5.75 Å². The highest BCUT2D eigenvalue weighted by Gasteiger charge is 2.10. The fourth-order valence-corrected chi connectivity index (χ4v) is 2.25. The van der Waals surface area contributed by atoms with E-state index in [9.17, 15) is 4.79 Å². The van der Waals surface area contributed by atoms with Crippen LogP contribution >= 0.6 is 0 Å². The lowest BCUT2D eigenvalue weighted by Gasteiger charge is -2.14. The summed E-state index contributed by atoms with van der Waals surface area (Å²) in [6.45, 7) is 6.18. The van der Waals surface area contributed by atoms with Gasteiger partial charge in [-0.1, -0.05) is 37.3 Å². The van der Waals surface area contributed by atoms with E-state index in [0.29, 0.717) is 6.61 Å². The number of ketones is 1. The number of hydrogen-bond acceptors (Lipinski definition) is 2. The molecule has 0 aliphatic rings. The molecule has 0 atom stereocenters. The molecule has 2 aromatic carbocycles. The van der Waals surface area contributed by atoms with Crippen molar-refractivity contribution in [3.05, 3.63) is 64.7 Å². The van der Waals surface area contributed by atoms with Gasteiger partial charge in [0.2, 0.25) is 0 Å². The Balaban J connectivity index is 2.23. The number of ether oxygens (including phenoxy) is 1. The SMILES string of the molecule is CCc1cc(C(C)=O)c(C)cc1OCc1ccccc1. The van der Waals surface area contributed by atoms with Crippen LogP contribution in [0.3, 0.4) is 0 Å². The van der Waals surface area contributed by atoms with E-state index in [1.54, 1.807) is 6.92 Å². The summed E-state index contributed by atoms with van der Waals surface area (Å²) in [5.74, 6) is 0.977. The first-order chi connectivity index (χ1) is 9.61. The van der Waals surface area contributed by atoms with Crippen LogP contribution in [0.2, 0.25) is 0 Å². The molecular weight excluding hydrogens is 248 g/mol. The molecule has 0 heterocycles. The lowest BCUT2D eigenvalue weighted by molar-refractivity contribution is 0.101. The molecule has 0 amide bonds. The third-order valence-corrected chi connectivity index (χ3v) is 3.40. The maximum atomic E-state index is 11.6. The summed E-state index contributed by atoms with van der Waals surface area (Å²) in [4.78, 5) is 11.6. The van der Waals surface area contributed by atoms with E-state index in [0.717, 1.165) is 34.4 Å². The normalized spacial score (nSPS) is 10.3. The second-order valence-electron chi connectivity index (χ2n) is 4.96. The minimum atomic E-state index is 0.104. The van der Waals surface area contributed by atoms with Crippen molar-refractivity contribution in [1.29, 1.82) is 0 Å². The first-order valence-corrected chi connectivity index (χ1v) is 6.93. The number of Topliss-reactive ketones (excluding diaryl/α,β-unsaturated/α-hetero) is 1. The number of rotatable bonds is 5. The molecule has 0 aliphatic heterocycles. The van der Waals surface area contributed by atoms with Gasteiger partial charge >= 0.3 is 0 Å². The van der Waals surface area contributed by atoms with Crippen molar-refractivity contribution >= 4 is 5.78 Å². The summed E-state index contributed by atoms with van der Waals surface area (Å²) in [6, 6.07) is 14.0. The smallest absolute Gasteiger partial charge is 0.160 e. The minimum absolute atomic E-state index is 0.104. The first kappa shape index (κ1) is 14.3. The topological polar surface area (TPSA) is 26.3 Å². The zero-order valence-electron chi connectivity index (χ0n) is 12.3. The Labute approximate surface area is 120 Å². The zero-order valence-corrected chi connectivity index (χ0v) is 12.3. The summed E-state index contributed by atoms with van der Waals surface area (Å²) in [7, 11) is 0. The maximum absolute atomic E-state index is 11.6. The molecule has 0 unspecified atom stereocenters. The summed E-state index contributed by atoms with van der Waals surface area (Å²) in [5, 5.41) is 0. The van der Waals surface area contributed by atoms with E-state index in [-0.39, 0.29) is 5.78 Å². The van der Waals surface area contributed by atoms with Gasteiger partial charge in [-0.05, 0) is 49.1 Å². The van der Waals surface area contributed by atoms with E-state index in [2.05, 4.69) is 6.92 Å². The molecule has 0 saturated heterocycles. The molecule has 0 radical (unpaired) electrons. The lowest BCUT2D eigenvalue weighted by atomic mass is 10.00. The second kappa shape index (κ2) is 6.38. The maximum Gasteiger partial charge on any atom is 0.160 e. The van der Waals surface area contributed by atoms with Crippen LogP contribution in [0, 0.1) is 6.92 Å². The molecule has 0 saturated carbocycles. The van der Waals surface area contributed by atoms with E-state index in [1.807, 2.05) is 49.4 Å². The molecule has 0 aromatic heterocycles. The zero-order chi connectivity index (χ0) is 14.5. The Kier molecular flexibility index (Phi) is 4.57. The molecule has 0 aliphatic carbocycles. The van der Waals surface area contributed by atoms with Gasteiger partial charge in [0.1, 0.15) is 12.4 Å². The quantitative estimate of drug-likeness (QED) is 0.754. The Bertz CT molecular complexity index is 600. The van der Waals surface area contributed by atoms with Gasteiger partial charge in [-0.25, -0.2) is 0 Å². The Morgan fingerprint density at radius 1 is 1.15 bits per heavy atom. The van der Waals surface area contributed by atoms with Gasteiger partial charge in [-0.15, -0.1) is 0 Å². The molecule has 0 spiro atoms. The molecule has 2 rings (SSSR count). The highest BCUT2D eigenvalue weighted by Crippen LogP contribution is 2.25. The van der Waals surface area contributed by atoms with Crippen LogP contribution in [0.4, 0.5) is 0 Å².